The number of nitrogen functional groups attached to an aromatic ring is 1. The summed E-state index contributed by atoms with van der Waals surface area (Å²) in [6.07, 6.45) is 5.17. The molecule has 1 aliphatic heterocycles. The number of nitrogens with two attached hydrogens (primary N) is 1. The Balaban J connectivity index is 1.83. The zero-order valence-electron chi connectivity index (χ0n) is 11.5. The highest BCUT2D eigenvalue weighted by Crippen LogP contribution is 2.37. The smallest absolute Gasteiger partial charge is 0.270 e. The van der Waals surface area contributed by atoms with Crippen LogP contribution in [-0.4, -0.2) is 41.2 Å². The SMILES string of the molecule is CC1OCCC1N(C)C(=O)c1cc(N)cn1C1CC1. The Hall–Kier alpha value is -1.49. The van der Waals surface area contributed by atoms with E-state index in [0.29, 0.717) is 17.4 Å². The zero-order valence-corrected chi connectivity index (χ0v) is 11.5. The first kappa shape index (κ1) is 12.5. The molecule has 1 amide bonds. The molecule has 0 spiro atoms. The number of hydrogen-bond acceptors (Lipinski definition) is 3. The van der Waals surface area contributed by atoms with E-state index in [2.05, 4.69) is 0 Å². The second-order valence-electron chi connectivity index (χ2n) is 5.65. The number of ether oxygens (including phenoxy) is 1. The highest BCUT2D eigenvalue weighted by molar-refractivity contribution is 5.94. The number of rotatable bonds is 3. The number of hydrogen-bond donors (Lipinski definition) is 1. The fourth-order valence-electron chi connectivity index (χ4n) is 2.89. The van der Waals surface area contributed by atoms with Gasteiger partial charge in [0.25, 0.3) is 5.91 Å². The molecule has 0 bridgehead atoms. The maximum atomic E-state index is 12.6. The van der Waals surface area contributed by atoms with Crippen LogP contribution in [0.5, 0.6) is 0 Å². The molecule has 0 radical (unpaired) electrons. The largest absolute Gasteiger partial charge is 0.397 e. The molecule has 2 N–H and O–H groups in total. The van der Waals surface area contributed by atoms with Crippen LogP contribution in [0.25, 0.3) is 0 Å². The molecule has 1 aliphatic carbocycles. The summed E-state index contributed by atoms with van der Waals surface area (Å²) in [6.45, 7) is 2.75. The molecule has 1 aromatic rings. The van der Waals surface area contributed by atoms with Gasteiger partial charge in [-0.1, -0.05) is 0 Å². The minimum Gasteiger partial charge on any atom is -0.397 e. The van der Waals surface area contributed by atoms with Gasteiger partial charge in [-0.3, -0.25) is 4.79 Å². The Morgan fingerprint density at radius 2 is 2.21 bits per heavy atom. The predicted octanol–water partition coefficient (Wildman–Crippen LogP) is 1.65. The van der Waals surface area contributed by atoms with Gasteiger partial charge < -0.3 is 19.9 Å². The van der Waals surface area contributed by atoms with Gasteiger partial charge in [0.05, 0.1) is 17.8 Å². The van der Waals surface area contributed by atoms with Crippen LogP contribution in [0.3, 0.4) is 0 Å². The molecular weight excluding hydrogens is 242 g/mol. The topological polar surface area (TPSA) is 60.5 Å². The minimum absolute atomic E-state index is 0.0472. The summed E-state index contributed by atoms with van der Waals surface area (Å²) in [7, 11) is 1.86. The van der Waals surface area contributed by atoms with Crippen LogP contribution in [0, 0.1) is 0 Å². The number of anilines is 1. The summed E-state index contributed by atoms with van der Waals surface area (Å²) in [4.78, 5) is 14.4. The highest BCUT2D eigenvalue weighted by Gasteiger charge is 2.34. The number of aromatic nitrogens is 1. The van der Waals surface area contributed by atoms with E-state index in [4.69, 9.17) is 10.5 Å². The van der Waals surface area contributed by atoms with Crippen molar-refractivity contribution in [1.29, 1.82) is 0 Å². The third kappa shape index (κ3) is 2.23. The van der Waals surface area contributed by atoms with E-state index in [1.54, 1.807) is 6.07 Å². The number of carbonyl (C=O) groups is 1. The Kier molecular flexibility index (Phi) is 3.01. The summed E-state index contributed by atoms with van der Waals surface area (Å²) in [5, 5.41) is 0. The summed E-state index contributed by atoms with van der Waals surface area (Å²) >= 11 is 0. The quantitative estimate of drug-likeness (QED) is 0.902. The third-order valence-corrected chi connectivity index (χ3v) is 4.18. The number of amides is 1. The van der Waals surface area contributed by atoms with Crippen LogP contribution in [-0.2, 0) is 4.74 Å². The Labute approximate surface area is 113 Å². The fraction of sp³-hybridized carbons (Fsp3) is 0.643. The minimum atomic E-state index is 0.0472. The first-order chi connectivity index (χ1) is 9.08. The van der Waals surface area contributed by atoms with Crippen LogP contribution in [0.15, 0.2) is 12.3 Å². The number of nitrogens with zero attached hydrogens (tertiary/aromatic N) is 2. The second kappa shape index (κ2) is 4.56. The molecule has 2 atom stereocenters. The van der Waals surface area contributed by atoms with Gasteiger partial charge in [0, 0.05) is 25.9 Å². The van der Waals surface area contributed by atoms with Crippen molar-refractivity contribution in [2.75, 3.05) is 19.4 Å². The molecule has 19 heavy (non-hydrogen) atoms. The molecule has 3 rings (SSSR count). The van der Waals surface area contributed by atoms with Crippen LogP contribution >= 0.6 is 0 Å². The van der Waals surface area contributed by atoms with Gasteiger partial charge >= 0.3 is 0 Å². The maximum absolute atomic E-state index is 12.6. The molecule has 1 saturated heterocycles. The average molecular weight is 263 g/mol. The molecule has 2 fully saturated rings. The van der Waals surface area contributed by atoms with Gasteiger partial charge in [0.1, 0.15) is 5.69 Å². The second-order valence-corrected chi connectivity index (χ2v) is 5.65. The summed E-state index contributed by atoms with van der Waals surface area (Å²) in [5.41, 5.74) is 7.22. The van der Waals surface area contributed by atoms with Crippen molar-refractivity contribution in [3.63, 3.8) is 0 Å². The first-order valence-electron chi connectivity index (χ1n) is 6.94. The summed E-state index contributed by atoms with van der Waals surface area (Å²) in [5.74, 6) is 0.0472. The van der Waals surface area contributed by atoms with Crippen molar-refractivity contribution >= 4 is 11.6 Å². The molecule has 2 unspecified atom stereocenters. The monoisotopic (exact) mass is 263 g/mol. The third-order valence-electron chi connectivity index (χ3n) is 4.18. The molecule has 1 aromatic heterocycles. The van der Waals surface area contributed by atoms with Crippen molar-refractivity contribution in [3.05, 3.63) is 18.0 Å². The van der Waals surface area contributed by atoms with Crippen molar-refractivity contribution in [2.24, 2.45) is 0 Å². The maximum Gasteiger partial charge on any atom is 0.270 e. The first-order valence-corrected chi connectivity index (χ1v) is 6.94. The van der Waals surface area contributed by atoms with E-state index < -0.39 is 0 Å². The van der Waals surface area contributed by atoms with E-state index >= 15 is 0 Å². The van der Waals surface area contributed by atoms with E-state index in [0.717, 1.165) is 25.9 Å². The van der Waals surface area contributed by atoms with Crippen LogP contribution < -0.4 is 5.73 Å². The number of likely N-dealkylation sites (N-methyl/N-ethyl adjacent to an activating group) is 1. The molecule has 5 nitrogen and oxygen atoms in total. The van der Waals surface area contributed by atoms with Crippen molar-refractivity contribution in [1.82, 2.24) is 9.47 Å². The highest BCUT2D eigenvalue weighted by atomic mass is 16.5. The average Bonchev–Trinajstić information content (AvgIpc) is 3.03. The molecule has 1 saturated carbocycles. The standard InChI is InChI=1S/C14H21N3O2/c1-9-12(5-6-19-9)16(2)14(18)13-7-10(15)8-17(13)11-3-4-11/h7-9,11-12H,3-6,15H2,1-2H3. The Bertz CT molecular complexity index is 493. The van der Waals surface area contributed by atoms with Gasteiger partial charge in [-0.05, 0) is 32.3 Å². The number of carbonyl (C=O) groups excluding carboxylic acids is 1. The zero-order chi connectivity index (χ0) is 13.6. The van der Waals surface area contributed by atoms with E-state index in [1.807, 2.05) is 29.6 Å². The lowest BCUT2D eigenvalue weighted by atomic mass is 10.1. The van der Waals surface area contributed by atoms with Gasteiger partial charge in [0.2, 0.25) is 0 Å². The van der Waals surface area contributed by atoms with Crippen LogP contribution in [0.4, 0.5) is 5.69 Å². The van der Waals surface area contributed by atoms with Crippen molar-refractivity contribution < 1.29 is 9.53 Å². The van der Waals surface area contributed by atoms with Crippen LogP contribution in [0.2, 0.25) is 0 Å². The molecule has 2 heterocycles. The van der Waals surface area contributed by atoms with E-state index in [9.17, 15) is 4.79 Å². The van der Waals surface area contributed by atoms with Crippen molar-refractivity contribution in [3.8, 4) is 0 Å². The summed E-state index contributed by atoms with van der Waals surface area (Å²) < 4.78 is 7.58. The molecule has 0 aromatic carbocycles. The fourth-order valence-corrected chi connectivity index (χ4v) is 2.89. The molecule has 5 heteroatoms. The van der Waals surface area contributed by atoms with Gasteiger partial charge in [-0.15, -0.1) is 0 Å². The lowest BCUT2D eigenvalue weighted by Crippen LogP contribution is -2.41. The lowest BCUT2D eigenvalue weighted by Gasteiger charge is -2.27. The predicted molar refractivity (Wildman–Crippen MR) is 73.0 cm³/mol. The Morgan fingerprint density at radius 1 is 1.47 bits per heavy atom. The molecule has 104 valence electrons. The lowest BCUT2D eigenvalue weighted by molar-refractivity contribution is 0.0566. The molecule has 2 aliphatic rings. The van der Waals surface area contributed by atoms with Gasteiger partial charge in [0.15, 0.2) is 0 Å². The van der Waals surface area contributed by atoms with E-state index in [1.165, 1.54) is 0 Å². The normalized spacial score (nSPS) is 26.6. The summed E-state index contributed by atoms with van der Waals surface area (Å²) in [6, 6.07) is 2.41. The Morgan fingerprint density at radius 3 is 2.79 bits per heavy atom. The van der Waals surface area contributed by atoms with Crippen molar-refractivity contribution in [2.45, 2.75) is 44.4 Å². The van der Waals surface area contributed by atoms with Crippen LogP contribution in [0.1, 0.15) is 42.7 Å². The van der Waals surface area contributed by atoms with Gasteiger partial charge in [-0.25, -0.2) is 0 Å². The van der Waals surface area contributed by atoms with Gasteiger partial charge in [-0.2, -0.15) is 0 Å². The molecular formula is C14H21N3O2. The van der Waals surface area contributed by atoms with E-state index in [-0.39, 0.29) is 18.1 Å².